The molecule has 0 unspecified atom stereocenters. The van der Waals surface area contributed by atoms with Gasteiger partial charge in [0.15, 0.2) is 5.54 Å². The quantitative estimate of drug-likeness (QED) is 0.374. The molecule has 2 aliphatic rings. The number of ketones is 1. The number of amides is 2. The summed E-state index contributed by atoms with van der Waals surface area (Å²) in [6.07, 6.45) is 1.18. The van der Waals surface area contributed by atoms with Crippen LogP contribution in [0.3, 0.4) is 0 Å². The number of benzene rings is 2. The fourth-order valence-electron chi connectivity index (χ4n) is 5.04. The lowest BCUT2D eigenvalue weighted by Gasteiger charge is -2.34. The van der Waals surface area contributed by atoms with Gasteiger partial charge in [-0.1, -0.05) is 37.3 Å². The number of hydrogen-bond acceptors (Lipinski definition) is 5. The third-order valence-corrected chi connectivity index (χ3v) is 6.69. The maximum Gasteiger partial charge on any atom is 0.296 e. The first-order valence-electron chi connectivity index (χ1n) is 11.8. The number of likely N-dealkylation sites (tertiary alicyclic amines) is 1. The second kappa shape index (κ2) is 9.26. The van der Waals surface area contributed by atoms with Crippen molar-refractivity contribution in [3.8, 4) is 0 Å². The molecule has 2 aromatic carbocycles. The summed E-state index contributed by atoms with van der Waals surface area (Å²) in [6, 6.07) is 11.1. The van der Waals surface area contributed by atoms with E-state index in [2.05, 4.69) is 0 Å². The summed E-state index contributed by atoms with van der Waals surface area (Å²) >= 11 is 0. The molecule has 0 radical (unpaired) electrons. The Balaban J connectivity index is 2.01. The highest BCUT2D eigenvalue weighted by Crippen LogP contribution is 2.53. The van der Waals surface area contributed by atoms with E-state index in [1.165, 1.54) is 17.0 Å². The molecule has 1 atom stereocenters. The molecule has 0 bridgehead atoms. The molecule has 4 rings (SSSR count). The van der Waals surface area contributed by atoms with Crippen molar-refractivity contribution in [3.63, 3.8) is 0 Å². The number of carbonyl (C=O) groups excluding carboxylic acids is 3. The van der Waals surface area contributed by atoms with E-state index in [9.17, 15) is 23.9 Å². The number of fused-ring (bicyclic) bond motifs is 2. The molecule has 184 valence electrons. The smallest absolute Gasteiger partial charge is 0.296 e. The van der Waals surface area contributed by atoms with E-state index in [0.29, 0.717) is 42.7 Å². The van der Waals surface area contributed by atoms with Crippen LogP contribution in [-0.4, -0.2) is 66.2 Å². The number of halogens is 1. The van der Waals surface area contributed by atoms with E-state index in [1.807, 2.05) is 25.9 Å². The van der Waals surface area contributed by atoms with Crippen LogP contribution in [0.25, 0.3) is 5.76 Å². The molecule has 0 saturated carbocycles. The maximum absolute atomic E-state index is 14.4. The minimum absolute atomic E-state index is 0.0398. The number of aliphatic hydroxyl groups excluding tert-OH is 1. The molecular formula is C27H30FN3O4. The summed E-state index contributed by atoms with van der Waals surface area (Å²) in [5, 5.41) is 11.4. The van der Waals surface area contributed by atoms with E-state index in [4.69, 9.17) is 0 Å². The zero-order valence-electron chi connectivity index (χ0n) is 20.5. The van der Waals surface area contributed by atoms with E-state index >= 15 is 0 Å². The minimum atomic E-state index is -1.81. The third-order valence-electron chi connectivity index (χ3n) is 6.69. The van der Waals surface area contributed by atoms with Gasteiger partial charge in [0.2, 0.25) is 0 Å². The monoisotopic (exact) mass is 479 g/mol. The highest BCUT2D eigenvalue weighted by atomic mass is 19.1. The van der Waals surface area contributed by atoms with Gasteiger partial charge in [-0.15, -0.1) is 0 Å². The Morgan fingerprint density at radius 1 is 1.09 bits per heavy atom. The number of hydrogen-bond donors (Lipinski definition) is 1. The van der Waals surface area contributed by atoms with E-state index in [1.54, 1.807) is 36.1 Å². The highest BCUT2D eigenvalue weighted by molar-refractivity contribution is 6.50. The lowest BCUT2D eigenvalue weighted by atomic mass is 9.81. The fourth-order valence-corrected chi connectivity index (χ4v) is 5.04. The zero-order chi connectivity index (χ0) is 25.5. The first-order valence-corrected chi connectivity index (χ1v) is 11.8. The molecule has 2 heterocycles. The first kappa shape index (κ1) is 24.6. The van der Waals surface area contributed by atoms with Crippen LogP contribution in [0.4, 0.5) is 10.1 Å². The van der Waals surface area contributed by atoms with Crippen molar-refractivity contribution >= 4 is 29.0 Å². The maximum atomic E-state index is 14.4. The Kier molecular flexibility index (Phi) is 6.51. The average molecular weight is 480 g/mol. The van der Waals surface area contributed by atoms with Crippen molar-refractivity contribution in [1.82, 2.24) is 9.80 Å². The Morgan fingerprint density at radius 3 is 2.46 bits per heavy atom. The lowest BCUT2D eigenvalue weighted by molar-refractivity contribution is -0.143. The topological polar surface area (TPSA) is 81.2 Å². The van der Waals surface area contributed by atoms with E-state index in [0.717, 1.165) is 6.07 Å². The summed E-state index contributed by atoms with van der Waals surface area (Å²) in [5.41, 5.74) is -0.643. The Bertz CT molecular complexity index is 1240. The van der Waals surface area contributed by atoms with Crippen LogP contribution in [0.1, 0.15) is 36.5 Å². The minimum Gasteiger partial charge on any atom is -0.507 e. The van der Waals surface area contributed by atoms with Crippen molar-refractivity contribution < 1.29 is 23.9 Å². The SMILES string of the molecule is CCCN1C(=O)[C@]2(C(=C(O)c3ccc(C)c(F)c3)C(=O)C(=O)N2CCCN(C)C)c2ccccc21. The zero-order valence-corrected chi connectivity index (χ0v) is 20.5. The molecule has 2 aromatic rings. The summed E-state index contributed by atoms with van der Waals surface area (Å²) in [5.74, 6) is -3.37. The number of anilines is 1. The Labute approximate surface area is 204 Å². The Morgan fingerprint density at radius 2 is 1.80 bits per heavy atom. The van der Waals surface area contributed by atoms with Crippen LogP contribution in [0.2, 0.25) is 0 Å². The molecule has 1 fully saturated rings. The van der Waals surface area contributed by atoms with Crippen molar-refractivity contribution in [2.75, 3.05) is 38.6 Å². The van der Waals surface area contributed by atoms with Crippen LogP contribution < -0.4 is 4.90 Å². The van der Waals surface area contributed by atoms with E-state index in [-0.39, 0.29) is 17.7 Å². The van der Waals surface area contributed by atoms with Crippen molar-refractivity contribution in [2.24, 2.45) is 0 Å². The second-order valence-electron chi connectivity index (χ2n) is 9.31. The molecule has 0 aliphatic carbocycles. The normalized spacial score (nSPS) is 21.0. The number of Topliss-reactive ketones (excluding diaryl/α,β-unsaturated/α-hetero) is 1. The van der Waals surface area contributed by atoms with Crippen molar-refractivity contribution in [3.05, 3.63) is 70.5 Å². The summed E-state index contributed by atoms with van der Waals surface area (Å²) < 4.78 is 14.4. The van der Waals surface area contributed by atoms with E-state index < -0.39 is 34.7 Å². The van der Waals surface area contributed by atoms with Crippen LogP contribution in [-0.2, 0) is 19.9 Å². The molecule has 1 N–H and O–H groups in total. The predicted octanol–water partition coefficient (Wildman–Crippen LogP) is 3.42. The number of carbonyl (C=O) groups is 3. The van der Waals surface area contributed by atoms with Gasteiger partial charge in [0, 0.05) is 24.2 Å². The van der Waals surface area contributed by atoms with Crippen LogP contribution in [0, 0.1) is 12.7 Å². The third kappa shape index (κ3) is 3.72. The van der Waals surface area contributed by atoms with Gasteiger partial charge in [0.05, 0.1) is 11.3 Å². The molecule has 2 amide bonds. The average Bonchev–Trinajstić information content (AvgIpc) is 3.19. The van der Waals surface area contributed by atoms with Crippen LogP contribution in [0.15, 0.2) is 48.0 Å². The number of para-hydroxylation sites is 1. The summed E-state index contributed by atoms with van der Waals surface area (Å²) in [4.78, 5) is 45.9. The van der Waals surface area contributed by atoms with Gasteiger partial charge >= 0.3 is 0 Å². The summed E-state index contributed by atoms with van der Waals surface area (Å²) in [6.45, 7) is 4.68. The van der Waals surface area contributed by atoms with Crippen molar-refractivity contribution in [1.29, 1.82) is 0 Å². The van der Waals surface area contributed by atoms with Crippen LogP contribution >= 0.6 is 0 Å². The highest BCUT2D eigenvalue weighted by Gasteiger charge is 2.66. The molecule has 2 aliphatic heterocycles. The van der Waals surface area contributed by atoms with Gasteiger partial charge in [-0.05, 0) is 58.1 Å². The van der Waals surface area contributed by atoms with Crippen LogP contribution in [0.5, 0.6) is 0 Å². The fraction of sp³-hybridized carbons (Fsp3) is 0.370. The molecule has 0 aromatic heterocycles. The standard InChI is InChI=1S/C27H30FN3O4/c1-5-13-30-21-10-7-6-9-19(21)27(26(30)35)22(23(32)18-12-11-17(2)20(28)16-18)24(33)25(34)31(27)15-8-14-29(3)4/h6-7,9-12,16,32H,5,8,13-15H2,1-4H3/t27-/m1/s1. The van der Waals surface area contributed by atoms with Gasteiger partial charge in [-0.3, -0.25) is 14.4 Å². The van der Waals surface area contributed by atoms with Crippen molar-refractivity contribution in [2.45, 2.75) is 32.2 Å². The second-order valence-corrected chi connectivity index (χ2v) is 9.31. The molecular weight excluding hydrogens is 449 g/mol. The predicted molar refractivity (Wildman–Crippen MR) is 131 cm³/mol. The number of nitrogens with zero attached hydrogens (tertiary/aromatic N) is 3. The molecule has 1 spiro atoms. The summed E-state index contributed by atoms with van der Waals surface area (Å²) in [7, 11) is 3.80. The molecule has 35 heavy (non-hydrogen) atoms. The van der Waals surface area contributed by atoms with Gasteiger partial charge in [-0.25, -0.2) is 4.39 Å². The largest absolute Gasteiger partial charge is 0.507 e. The molecule has 7 nitrogen and oxygen atoms in total. The van der Waals surface area contributed by atoms with Gasteiger partial charge in [0.1, 0.15) is 11.6 Å². The van der Waals surface area contributed by atoms with Gasteiger partial charge in [0.25, 0.3) is 17.6 Å². The van der Waals surface area contributed by atoms with Gasteiger partial charge in [-0.2, -0.15) is 0 Å². The molecule has 8 heteroatoms. The van der Waals surface area contributed by atoms with Gasteiger partial charge < -0.3 is 19.8 Å². The molecule has 1 saturated heterocycles. The Hall–Kier alpha value is -3.52. The first-order chi connectivity index (χ1) is 16.7. The number of aliphatic hydroxyl groups is 1. The lowest BCUT2D eigenvalue weighted by Crippen LogP contribution is -2.52. The number of rotatable bonds is 7. The number of aryl methyl sites for hydroxylation is 1.